The zero-order valence-corrected chi connectivity index (χ0v) is 17.0. The fourth-order valence-corrected chi connectivity index (χ4v) is 3.34. The summed E-state index contributed by atoms with van der Waals surface area (Å²) in [5.41, 5.74) is 0. The Hall–Kier alpha value is -2.75. The van der Waals surface area contributed by atoms with Gasteiger partial charge < -0.3 is 18.3 Å². The molecule has 0 aliphatic carbocycles. The molecule has 148 valence electrons. The Labute approximate surface area is 166 Å². The highest BCUT2D eigenvalue weighted by atomic mass is 31.2. The third-order valence-electron chi connectivity index (χ3n) is 3.29. The average molecular weight is 400 g/mol. The first-order chi connectivity index (χ1) is 13.6. The lowest BCUT2D eigenvalue weighted by Crippen LogP contribution is -2.07. The smallest absolute Gasteiger partial charge is 0.386 e. The van der Waals surface area contributed by atoms with Gasteiger partial charge in [-0.3, -0.25) is 0 Å². The third-order valence-corrected chi connectivity index (χ3v) is 4.59. The Morgan fingerprint density at radius 3 is 1.07 bits per heavy atom. The van der Waals surface area contributed by atoms with E-state index in [9.17, 15) is 4.57 Å². The average Bonchev–Trinajstić information content (AvgIpc) is 2.71. The predicted molar refractivity (Wildman–Crippen MR) is 111 cm³/mol. The molecule has 0 saturated carbocycles. The number of phosphoric ester groups is 1. The fourth-order valence-electron chi connectivity index (χ4n) is 2.09. The Bertz CT molecular complexity index is 715. The van der Waals surface area contributed by atoms with E-state index in [4.69, 9.17) is 18.3 Å². The summed E-state index contributed by atoms with van der Waals surface area (Å²) >= 11 is 0. The van der Waals surface area contributed by atoms with Gasteiger partial charge >= 0.3 is 7.82 Å². The van der Waals surface area contributed by atoms with Crippen molar-refractivity contribution >= 4 is 7.82 Å². The van der Waals surface area contributed by atoms with Crippen LogP contribution in [0, 0.1) is 0 Å². The zero-order valence-electron chi connectivity index (χ0n) is 16.1. The number of para-hydroxylation sites is 3. The van der Waals surface area contributed by atoms with Gasteiger partial charge in [0.15, 0.2) is 0 Å². The molecule has 0 aliphatic heterocycles. The molecule has 0 N–H and O–H groups in total. The molecule has 6 heteroatoms. The molecule has 0 aromatic heterocycles. The van der Waals surface area contributed by atoms with E-state index in [0.29, 0.717) is 17.2 Å². The normalized spacial score (nSPS) is 10.4. The highest BCUT2D eigenvalue weighted by Gasteiger charge is 2.33. The second-order valence-electron chi connectivity index (χ2n) is 5.44. The molecule has 0 unspecified atom stereocenters. The highest BCUT2D eigenvalue weighted by Crippen LogP contribution is 2.49. The van der Waals surface area contributed by atoms with Crippen LogP contribution in [0.25, 0.3) is 0 Å². The highest BCUT2D eigenvalue weighted by molar-refractivity contribution is 7.49. The SMILES string of the molecule is CCOCC.O=P(Oc1ccccc1)(Oc1ccccc1)Oc1ccccc1. The van der Waals surface area contributed by atoms with Crippen LogP contribution in [-0.4, -0.2) is 13.2 Å². The Kier molecular flexibility index (Phi) is 9.13. The van der Waals surface area contributed by atoms with Gasteiger partial charge in [-0.25, -0.2) is 0 Å². The molecule has 0 bridgehead atoms. The van der Waals surface area contributed by atoms with Gasteiger partial charge in [-0.05, 0) is 50.2 Å². The van der Waals surface area contributed by atoms with Gasteiger partial charge in [-0.15, -0.1) is 0 Å². The molecular weight excluding hydrogens is 375 g/mol. The second kappa shape index (κ2) is 11.9. The molecule has 0 fully saturated rings. The summed E-state index contributed by atoms with van der Waals surface area (Å²) in [4.78, 5) is 0. The van der Waals surface area contributed by atoms with Crippen molar-refractivity contribution < 1.29 is 22.9 Å². The minimum Gasteiger partial charge on any atom is -0.386 e. The number of ether oxygens (including phenoxy) is 1. The summed E-state index contributed by atoms with van der Waals surface area (Å²) in [6.45, 7) is 5.67. The maximum absolute atomic E-state index is 13.1. The van der Waals surface area contributed by atoms with Gasteiger partial charge in [-0.1, -0.05) is 54.6 Å². The Morgan fingerprint density at radius 1 is 0.571 bits per heavy atom. The summed E-state index contributed by atoms with van der Waals surface area (Å²) in [6, 6.07) is 26.4. The van der Waals surface area contributed by atoms with E-state index in [1.807, 2.05) is 32.0 Å². The number of phosphoric acid groups is 1. The predicted octanol–water partition coefficient (Wildman–Crippen LogP) is 6.37. The van der Waals surface area contributed by atoms with Crippen LogP contribution in [-0.2, 0) is 9.30 Å². The molecule has 0 spiro atoms. The first kappa shape index (κ1) is 21.5. The molecule has 3 aromatic carbocycles. The zero-order chi connectivity index (χ0) is 20.1. The largest absolute Gasteiger partial charge is 0.647 e. The molecule has 5 nitrogen and oxygen atoms in total. The maximum Gasteiger partial charge on any atom is 0.647 e. The minimum atomic E-state index is -3.89. The molecule has 0 saturated heterocycles. The van der Waals surface area contributed by atoms with Crippen LogP contribution in [0.15, 0.2) is 91.0 Å². The molecule has 3 aromatic rings. The molecule has 0 atom stereocenters. The van der Waals surface area contributed by atoms with E-state index in [1.165, 1.54) is 0 Å². The van der Waals surface area contributed by atoms with Crippen LogP contribution in [0.1, 0.15) is 13.8 Å². The number of hydrogen-bond acceptors (Lipinski definition) is 5. The van der Waals surface area contributed by atoms with Crippen molar-refractivity contribution in [3.8, 4) is 17.2 Å². The molecule has 0 aliphatic rings. The van der Waals surface area contributed by atoms with E-state index >= 15 is 0 Å². The second-order valence-corrected chi connectivity index (χ2v) is 6.88. The van der Waals surface area contributed by atoms with Crippen LogP contribution in [0.5, 0.6) is 17.2 Å². The van der Waals surface area contributed by atoms with E-state index < -0.39 is 7.82 Å². The van der Waals surface area contributed by atoms with Crippen molar-refractivity contribution in [3.05, 3.63) is 91.0 Å². The monoisotopic (exact) mass is 400 g/mol. The summed E-state index contributed by atoms with van der Waals surface area (Å²) < 4.78 is 34.5. The van der Waals surface area contributed by atoms with Gasteiger partial charge in [0.1, 0.15) is 17.2 Å². The van der Waals surface area contributed by atoms with Crippen molar-refractivity contribution in [3.63, 3.8) is 0 Å². The third kappa shape index (κ3) is 7.87. The van der Waals surface area contributed by atoms with Crippen molar-refractivity contribution in [2.24, 2.45) is 0 Å². The first-order valence-corrected chi connectivity index (χ1v) is 10.5. The topological polar surface area (TPSA) is 54.0 Å². The van der Waals surface area contributed by atoms with Gasteiger partial charge in [0.2, 0.25) is 0 Å². The number of rotatable bonds is 8. The lowest BCUT2D eigenvalue weighted by molar-refractivity contribution is 0.162. The minimum absolute atomic E-state index is 0.405. The van der Waals surface area contributed by atoms with Crippen LogP contribution in [0.4, 0.5) is 0 Å². The molecule has 0 amide bonds. The summed E-state index contributed by atoms with van der Waals surface area (Å²) in [6.07, 6.45) is 0. The van der Waals surface area contributed by atoms with Crippen molar-refractivity contribution in [2.75, 3.05) is 13.2 Å². The Morgan fingerprint density at radius 2 is 0.857 bits per heavy atom. The van der Waals surface area contributed by atoms with Crippen LogP contribution < -0.4 is 13.6 Å². The molecular formula is C22H25O5P. The molecule has 0 heterocycles. The van der Waals surface area contributed by atoms with E-state index in [1.54, 1.807) is 72.8 Å². The van der Waals surface area contributed by atoms with Crippen LogP contribution in [0.3, 0.4) is 0 Å². The molecule has 0 radical (unpaired) electrons. The summed E-state index contributed by atoms with van der Waals surface area (Å²) in [5.74, 6) is 1.22. The molecule has 28 heavy (non-hydrogen) atoms. The summed E-state index contributed by atoms with van der Waals surface area (Å²) in [7, 11) is -3.89. The molecule has 3 rings (SSSR count). The first-order valence-electron chi connectivity index (χ1n) is 9.07. The van der Waals surface area contributed by atoms with Gasteiger partial charge in [0.25, 0.3) is 0 Å². The van der Waals surface area contributed by atoms with E-state index in [-0.39, 0.29) is 0 Å². The van der Waals surface area contributed by atoms with Crippen LogP contribution >= 0.6 is 7.82 Å². The van der Waals surface area contributed by atoms with Gasteiger partial charge in [-0.2, -0.15) is 4.57 Å². The van der Waals surface area contributed by atoms with Gasteiger partial charge in [0.05, 0.1) is 0 Å². The number of hydrogen-bond donors (Lipinski definition) is 0. The van der Waals surface area contributed by atoms with Crippen molar-refractivity contribution in [2.45, 2.75) is 13.8 Å². The van der Waals surface area contributed by atoms with Crippen molar-refractivity contribution in [1.29, 1.82) is 0 Å². The van der Waals surface area contributed by atoms with Crippen LogP contribution in [0.2, 0.25) is 0 Å². The number of benzene rings is 3. The van der Waals surface area contributed by atoms with Crippen molar-refractivity contribution in [1.82, 2.24) is 0 Å². The quantitative estimate of drug-likeness (QED) is 0.411. The maximum atomic E-state index is 13.1. The standard InChI is InChI=1S/C18H15O4P.C4H10O/c19-23(20-16-10-4-1-5-11-16,21-17-12-6-2-7-13-17)22-18-14-8-3-9-15-18;1-3-5-4-2/h1-15H;3-4H2,1-2H3. The lowest BCUT2D eigenvalue weighted by atomic mass is 10.3. The summed E-state index contributed by atoms with van der Waals surface area (Å²) in [5, 5.41) is 0. The van der Waals surface area contributed by atoms with E-state index in [0.717, 1.165) is 13.2 Å². The Balaban J connectivity index is 0.000000500. The lowest BCUT2D eigenvalue weighted by Gasteiger charge is -2.19. The van der Waals surface area contributed by atoms with E-state index in [2.05, 4.69) is 0 Å². The fraction of sp³-hybridized carbons (Fsp3) is 0.182. The van der Waals surface area contributed by atoms with Gasteiger partial charge in [0, 0.05) is 13.2 Å².